The number of unbranched alkanes of at least 4 members (excludes halogenated alkanes) is 3. The van der Waals surface area contributed by atoms with E-state index in [2.05, 4.69) is 12.2 Å². The monoisotopic (exact) mass is 241 g/mol. The van der Waals surface area contributed by atoms with Crippen LogP contribution < -0.4 is 5.32 Å². The zero-order valence-corrected chi connectivity index (χ0v) is 11.2. The molecule has 0 bridgehead atoms. The normalized spacial score (nSPS) is 27.7. The average Bonchev–Trinajstić information content (AvgIpc) is 2.73. The summed E-state index contributed by atoms with van der Waals surface area (Å²) in [5.74, 6) is 0. The van der Waals surface area contributed by atoms with Gasteiger partial charge in [-0.05, 0) is 32.4 Å². The number of piperidine rings is 1. The number of rotatable bonds is 6. The molecule has 2 aliphatic rings. The quantitative estimate of drug-likeness (QED) is 0.725. The number of nitrogens with one attached hydrogen (secondary N) is 1. The molecule has 0 aromatic rings. The van der Waals surface area contributed by atoms with Crippen LogP contribution in [-0.2, 0) is 9.47 Å². The third-order valence-corrected chi connectivity index (χ3v) is 4.04. The van der Waals surface area contributed by atoms with Gasteiger partial charge in [0, 0.05) is 13.0 Å². The Balaban J connectivity index is 1.60. The van der Waals surface area contributed by atoms with Crippen molar-refractivity contribution < 1.29 is 9.47 Å². The van der Waals surface area contributed by atoms with Crippen molar-refractivity contribution in [1.29, 1.82) is 0 Å². The van der Waals surface area contributed by atoms with E-state index in [0.29, 0.717) is 6.10 Å². The van der Waals surface area contributed by atoms with Crippen molar-refractivity contribution in [2.75, 3.05) is 26.3 Å². The van der Waals surface area contributed by atoms with Crippen molar-refractivity contribution in [2.45, 2.75) is 63.6 Å². The maximum atomic E-state index is 6.01. The molecule has 0 saturated carbocycles. The maximum absolute atomic E-state index is 6.01. The Morgan fingerprint density at radius 1 is 1.24 bits per heavy atom. The minimum Gasteiger partial charge on any atom is -0.376 e. The molecule has 3 heteroatoms. The van der Waals surface area contributed by atoms with Gasteiger partial charge in [0.2, 0.25) is 0 Å². The third kappa shape index (κ3) is 3.94. The Labute approximate surface area is 105 Å². The van der Waals surface area contributed by atoms with Crippen LogP contribution in [0.25, 0.3) is 0 Å². The summed E-state index contributed by atoms with van der Waals surface area (Å²) in [7, 11) is 0. The predicted octanol–water partition coefficient (Wildman–Crippen LogP) is 2.49. The summed E-state index contributed by atoms with van der Waals surface area (Å²) in [6.45, 7) is 6.18. The van der Waals surface area contributed by atoms with E-state index in [0.717, 1.165) is 45.6 Å². The van der Waals surface area contributed by atoms with Crippen LogP contribution in [0.2, 0.25) is 0 Å². The molecule has 3 nitrogen and oxygen atoms in total. The second kappa shape index (κ2) is 6.72. The Morgan fingerprint density at radius 2 is 2.06 bits per heavy atom. The summed E-state index contributed by atoms with van der Waals surface area (Å²) in [6, 6.07) is 0. The fraction of sp³-hybridized carbons (Fsp3) is 1.00. The van der Waals surface area contributed by atoms with Crippen molar-refractivity contribution in [3.8, 4) is 0 Å². The largest absolute Gasteiger partial charge is 0.376 e. The van der Waals surface area contributed by atoms with Crippen LogP contribution in [0.4, 0.5) is 0 Å². The molecule has 0 aromatic carbocycles. The molecule has 100 valence electrons. The molecule has 0 radical (unpaired) electrons. The number of ether oxygens (including phenoxy) is 2. The van der Waals surface area contributed by atoms with E-state index in [9.17, 15) is 0 Å². The Bertz CT molecular complexity index is 214. The van der Waals surface area contributed by atoms with Gasteiger partial charge in [-0.25, -0.2) is 0 Å². The molecule has 2 aliphatic heterocycles. The lowest BCUT2D eigenvalue weighted by Crippen LogP contribution is -2.41. The van der Waals surface area contributed by atoms with Gasteiger partial charge in [-0.3, -0.25) is 0 Å². The van der Waals surface area contributed by atoms with E-state index < -0.39 is 0 Å². The van der Waals surface area contributed by atoms with Gasteiger partial charge in [-0.2, -0.15) is 0 Å². The molecule has 1 N–H and O–H groups in total. The van der Waals surface area contributed by atoms with Gasteiger partial charge in [0.15, 0.2) is 0 Å². The summed E-state index contributed by atoms with van der Waals surface area (Å²) in [6.07, 6.45) is 8.92. The minimum absolute atomic E-state index is 0.152. The van der Waals surface area contributed by atoms with Crippen LogP contribution in [0.3, 0.4) is 0 Å². The zero-order valence-electron chi connectivity index (χ0n) is 11.2. The van der Waals surface area contributed by atoms with E-state index in [-0.39, 0.29) is 5.60 Å². The van der Waals surface area contributed by atoms with Crippen LogP contribution in [-0.4, -0.2) is 38.0 Å². The van der Waals surface area contributed by atoms with Crippen molar-refractivity contribution >= 4 is 0 Å². The van der Waals surface area contributed by atoms with Gasteiger partial charge in [0.25, 0.3) is 0 Å². The number of hydrogen-bond acceptors (Lipinski definition) is 3. The van der Waals surface area contributed by atoms with Crippen molar-refractivity contribution in [1.82, 2.24) is 5.32 Å². The van der Waals surface area contributed by atoms with E-state index in [4.69, 9.17) is 9.47 Å². The summed E-state index contributed by atoms with van der Waals surface area (Å²) in [4.78, 5) is 0. The lowest BCUT2D eigenvalue weighted by atomic mass is 9.89. The number of hydrogen-bond donors (Lipinski definition) is 1. The Kier molecular flexibility index (Phi) is 5.26. The molecule has 0 amide bonds. The van der Waals surface area contributed by atoms with E-state index >= 15 is 0 Å². The Morgan fingerprint density at radius 3 is 2.82 bits per heavy atom. The first-order valence-electron chi connectivity index (χ1n) is 7.31. The summed E-state index contributed by atoms with van der Waals surface area (Å²) >= 11 is 0. The molecular weight excluding hydrogens is 214 g/mol. The van der Waals surface area contributed by atoms with Crippen LogP contribution in [0.15, 0.2) is 0 Å². The first-order valence-corrected chi connectivity index (χ1v) is 7.31. The molecule has 0 aliphatic carbocycles. The lowest BCUT2D eigenvalue weighted by molar-refractivity contribution is -0.0234. The van der Waals surface area contributed by atoms with Crippen molar-refractivity contribution in [2.24, 2.45) is 0 Å². The summed E-state index contributed by atoms with van der Waals surface area (Å²) < 4.78 is 11.9. The van der Waals surface area contributed by atoms with Gasteiger partial charge in [-0.15, -0.1) is 0 Å². The molecule has 1 spiro atoms. The third-order valence-electron chi connectivity index (χ3n) is 4.04. The highest BCUT2D eigenvalue weighted by Crippen LogP contribution is 2.35. The molecule has 2 heterocycles. The van der Waals surface area contributed by atoms with Crippen LogP contribution in [0, 0.1) is 0 Å². The van der Waals surface area contributed by atoms with Crippen LogP contribution >= 0.6 is 0 Å². The van der Waals surface area contributed by atoms with Crippen molar-refractivity contribution in [3.05, 3.63) is 0 Å². The first-order chi connectivity index (χ1) is 8.35. The molecule has 17 heavy (non-hydrogen) atoms. The standard InChI is InChI=1S/C14H27NO2/c1-2-3-4-5-10-16-13-11-14(17-12-13)6-8-15-9-7-14/h13,15H,2-12H2,1H3. The fourth-order valence-electron chi connectivity index (χ4n) is 2.92. The summed E-state index contributed by atoms with van der Waals surface area (Å²) in [5.41, 5.74) is 0.152. The Hall–Kier alpha value is -0.120. The van der Waals surface area contributed by atoms with Gasteiger partial charge in [0.05, 0.1) is 18.3 Å². The first kappa shape index (κ1) is 13.3. The molecule has 2 fully saturated rings. The van der Waals surface area contributed by atoms with Crippen molar-refractivity contribution in [3.63, 3.8) is 0 Å². The molecule has 2 saturated heterocycles. The molecule has 1 unspecified atom stereocenters. The minimum atomic E-state index is 0.152. The molecule has 0 aromatic heterocycles. The van der Waals surface area contributed by atoms with Crippen LogP contribution in [0.1, 0.15) is 51.9 Å². The molecule has 2 rings (SSSR count). The SMILES string of the molecule is CCCCCCOC1COC2(CCNCC2)C1. The van der Waals surface area contributed by atoms with E-state index in [1.165, 1.54) is 25.7 Å². The highest BCUT2D eigenvalue weighted by atomic mass is 16.6. The highest BCUT2D eigenvalue weighted by molar-refractivity contribution is 4.93. The second-order valence-electron chi connectivity index (χ2n) is 5.50. The summed E-state index contributed by atoms with van der Waals surface area (Å²) in [5, 5.41) is 3.40. The molecule has 1 atom stereocenters. The van der Waals surface area contributed by atoms with Gasteiger partial charge in [0.1, 0.15) is 0 Å². The van der Waals surface area contributed by atoms with Gasteiger partial charge >= 0.3 is 0 Å². The maximum Gasteiger partial charge on any atom is 0.0836 e. The second-order valence-corrected chi connectivity index (χ2v) is 5.50. The zero-order chi connectivity index (χ0) is 12.0. The predicted molar refractivity (Wildman–Crippen MR) is 69.3 cm³/mol. The van der Waals surface area contributed by atoms with Gasteiger partial charge < -0.3 is 14.8 Å². The lowest BCUT2D eigenvalue weighted by Gasteiger charge is -2.32. The van der Waals surface area contributed by atoms with Crippen LogP contribution in [0.5, 0.6) is 0 Å². The average molecular weight is 241 g/mol. The van der Waals surface area contributed by atoms with E-state index in [1.54, 1.807) is 0 Å². The topological polar surface area (TPSA) is 30.5 Å². The van der Waals surface area contributed by atoms with E-state index in [1.807, 2.05) is 0 Å². The molecular formula is C14H27NO2. The smallest absolute Gasteiger partial charge is 0.0836 e. The van der Waals surface area contributed by atoms with Gasteiger partial charge in [-0.1, -0.05) is 26.2 Å². The fourth-order valence-corrected chi connectivity index (χ4v) is 2.92. The highest BCUT2D eigenvalue weighted by Gasteiger charge is 2.41.